The number of aromatic nitrogens is 2. The third-order valence-corrected chi connectivity index (χ3v) is 6.68. The third-order valence-electron chi connectivity index (χ3n) is 6.01. The number of rotatable bonds is 6. The monoisotopic (exact) mass is 615 g/mol. The molecule has 0 radical (unpaired) electrons. The lowest BCUT2D eigenvalue weighted by molar-refractivity contribution is -0.142. The number of hydroxylamine groups is 2. The fourth-order valence-electron chi connectivity index (χ4n) is 4.27. The van der Waals surface area contributed by atoms with Gasteiger partial charge in [-0.2, -0.15) is 18.3 Å². The molecule has 0 aliphatic carbocycles. The summed E-state index contributed by atoms with van der Waals surface area (Å²) in [6.07, 6.45) is -4.90. The lowest BCUT2D eigenvalue weighted by Crippen LogP contribution is -2.45. The number of nitrogens with zero attached hydrogens (tertiary/aromatic N) is 3. The molecule has 0 bridgehead atoms. The van der Waals surface area contributed by atoms with Crippen molar-refractivity contribution in [3.05, 3.63) is 80.0 Å². The molecule has 1 aliphatic rings. The average Bonchev–Trinajstić information content (AvgIpc) is 3.37. The maximum absolute atomic E-state index is 13.9. The van der Waals surface area contributed by atoms with Crippen LogP contribution in [0, 0.1) is 3.57 Å². The minimum atomic E-state index is -4.90. The molecule has 1 unspecified atom stereocenters. The molecule has 3 aromatic rings. The Morgan fingerprint density at radius 3 is 2.56 bits per heavy atom. The molecule has 36 heavy (non-hydrogen) atoms. The van der Waals surface area contributed by atoms with Crippen molar-refractivity contribution in [3.63, 3.8) is 0 Å². The molecule has 0 saturated carbocycles. The minimum Gasteiger partial charge on any atom is -0.465 e. The van der Waals surface area contributed by atoms with Crippen LogP contribution >= 0.6 is 22.6 Å². The van der Waals surface area contributed by atoms with Crippen LogP contribution in [0.5, 0.6) is 0 Å². The summed E-state index contributed by atoms with van der Waals surface area (Å²) in [5.41, 5.74) is -0.477. The topological polar surface area (TPSA) is 93.5 Å². The number of esters is 1. The van der Waals surface area contributed by atoms with Gasteiger partial charge in [-0.15, -0.1) is 4.65 Å². The summed E-state index contributed by atoms with van der Waals surface area (Å²) < 4.78 is 47.5. The number of hydrogen-bond donors (Lipinski definition) is 2. The van der Waals surface area contributed by atoms with E-state index in [2.05, 4.69) is 37.7 Å². The van der Waals surface area contributed by atoms with Crippen molar-refractivity contribution < 1.29 is 32.7 Å². The van der Waals surface area contributed by atoms with E-state index in [0.29, 0.717) is 16.7 Å². The van der Waals surface area contributed by atoms with Gasteiger partial charge in [-0.3, -0.25) is 4.79 Å². The number of nitrogens with one attached hydrogen (secondary N) is 1. The summed E-state index contributed by atoms with van der Waals surface area (Å²) in [5, 5.41) is 17.7. The van der Waals surface area contributed by atoms with Crippen LogP contribution < -0.4 is 9.96 Å². The zero-order valence-corrected chi connectivity index (χ0v) is 21.5. The lowest BCUT2D eigenvalue weighted by Gasteiger charge is -2.25. The first-order chi connectivity index (χ1) is 16.9. The second-order valence-electron chi connectivity index (χ2n) is 8.51. The van der Waals surface area contributed by atoms with Gasteiger partial charge in [-0.1, -0.05) is 24.3 Å². The number of benzene rings is 2. The molecule has 0 saturated heterocycles. The van der Waals surface area contributed by atoms with E-state index in [1.807, 2.05) is 12.1 Å². The normalized spacial score (nSPS) is 18.0. The fourth-order valence-corrected chi connectivity index (χ4v) is 4.88. The number of halogens is 4. The van der Waals surface area contributed by atoms with E-state index in [1.54, 1.807) is 31.2 Å². The molecular formula is C24H23F3IN4O4+. The third kappa shape index (κ3) is 5.11. The Morgan fingerprint density at radius 2 is 1.94 bits per heavy atom. The number of carbonyl (C=O) groups excluding carboxylic acids is 2. The Balaban J connectivity index is 1.68. The molecule has 2 N–H and O–H groups in total. The zero-order valence-electron chi connectivity index (χ0n) is 19.3. The highest BCUT2D eigenvalue weighted by Crippen LogP contribution is 2.41. The second-order valence-corrected chi connectivity index (χ2v) is 9.76. The molecule has 2 atom stereocenters. The SMILES string of the molecule is COC(=O)c1ccc([C@H](C)NC(=O)c2c(C(F)(F)F)nn3c2[N+](O)(Cc2cccc(I)c2)CC3)cc1. The smallest absolute Gasteiger partial charge is 0.436 e. The van der Waals surface area contributed by atoms with Crippen molar-refractivity contribution in [2.45, 2.75) is 32.2 Å². The largest absolute Gasteiger partial charge is 0.465 e. The van der Waals surface area contributed by atoms with Crippen LogP contribution in [0.4, 0.5) is 19.0 Å². The maximum atomic E-state index is 13.9. The number of methoxy groups -OCH3 is 1. The first kappa shape index (κ1) is 26.1. The highest BCUT2D eigenvalue weighted by Gasteiger charge is 2.51. The molecule has 1 amide bonds. The van der Waals surface area contributed by atoms with Crippen molar-refractivity contribution in [2.24, 2.45) is 0 Å². The Labute approximate surface area is 218 Å². The summed E-state index contributed by atoms with van der Waals surface area (Å²) in [4.78, 5) is 24.9. The van der Waals surface area contributed by atoms with Crippen molar-refractivity contribution in [2.75, 3.05) is 13.7 Å². The quantitative estimate of drug-likeness (QED) is 0.239. The molecule has 1 aromatic heterocycles. The van der Waals surface area contributed by atoms with E-state index >= 15 is 0 Å². The standard InChI is InChI=1S/C24H22F3IN4O4/c1-14(16-6-8-17(9-7-16)23(34)36-2)29-21(33)19-20(24(25,26)27)30-31-10-11-32(35,22(19)31)13-15-4-3-5-18(28)12-15/h3-9,12,14,35H,10-11,13H2,1-2H3/p+1/t14-,32?/m0/s1. The van der Waals surface area contributed by atoms with E-state index < -0.39 is 40.0 Å². The molecule has 0 spiro atoms. The van der Waals surface area contributed by atoms with Crippen LogP contribution in [0.3, 0.4) is 0 Å². The van der Waals surface area contributed by atoms with Gasteiger partial charge in [-0.25, -0.2) is 14.7 Å². The van der Waals surface area contributed by atoms with Crippen LogP contribution in [0.1, 0.15) is 50.5 Å². The number of alkyl halides is 3. The molecular weight excluding hydrogens is 592 g/mol. The van der Waals surface area contributed by atoms with Gasteiger partial charge >= 0.3 is 12.1 Å². The molecule has 12 heteroatoms. The first-order valence-electron chi connectivity index (χ1n) is 10.9. The maximum Gasteiger partial charge on any atom is 0.436 e. The van der Waals surface area contributed by atoms with Gasteiger partial charge in [0.05, 0.1) is 25.3 Å². The molecule has 190 valence electrons. The van der Waals surface area contributed by atoms with Crippen LogP contribution in [-0.4, -0.2) is 40.5 Å². The Morgan fingerprint density at radius 1 is 1.25 bits per heavy atom. The predicted molar refractivity (Wildman–Crippen MR) is 132 cm³/mol. The van der Waals surface area contributed by atoms with Crippen molar-refractivity contribution in [1.82, 2.24) is 19.7 Å². The first-order valence-corrected chi connectivity index (χ1v) is 12.0. The number of ether oxygens (including phenoxy) is 1. The van der Waals surface area contributed by atoms with Crippen LogP contribution in [-0.2, 0) is 24.0 Å². The zero-order chi connectivity index (χ0) is 26.3. The van der Waals surface area contributed by atoms with Crippen molar-refractivity contribution in [3.8, 4) is 0 Å². The molecule has 2 heterocycles. The van der Waals surface area contributed by atoms with Gasteiger partial charge in [0.1, 0.15) is 13.1 Å². The molecule has 1 aliphatic heterocycles. The van der Waals surface area contributed by atoms with Gasteiger partial charge in [0.25, 0.3) is 11.7 Å². The number of carbonyl (C=O) groups is 2. The number of quaternary nitrogens is 1. The van der Waals surface area contributed by atoms with Gasteiger partial charge in [0.2, 0.25) is 0 Å². The lowest BCUT2D eigenvalue weighted by atomic mass is 10.1. The second kappa shape index (κ2) is 9.82. The summed E-state index contributed by atoms with van der Waals surface area (Å²) in [7, 11) is 1.25. The summed E-state index contributed by atoms with van der Waals surface area (Å²) >= 11 is 2.11. The molecule has 0 fully saturated rings. The summed E-state index contributed by atoms with van der Waals surface area (Å²) in [6, 6.07) is 12.7. The van der Waals surface area contributed by atoms with Crippen molar-refractivity contribution >= 4 is 40.3 Å². The number of fused-ring (bicyclic) bond motifs is 1. The van der Waals surface area contributed by atoms with E-state index in [4.69, 9.17) is 0 Å². The molecule has 8 nitrogen and oxygen atoms in total. The van der Waals surface area contributed by atoms with Crippen LogP contribution in [0.2, 0.25) is 0 Å². The Kier molecular flexibility index (Phi) is 7.12. The van der Waals surface area contributed by atoms with Crippen molar-refractivity contribution in [1.29, 1.82) is 0 Å². The Bertz CT molecular complexity index is 1310. The number of amides is 1. The average molecular weight is 615 g/mol. The highest BCUT2D eigenvalue weighted by molar-refractivity contribution is 14.1. The molecule has 2 aromatic carbocycles. The minimum absolute atomic E-state index is 0.0232. The summed E-state index contributed by atoms with van der Waals surface area (Å²) in [5.74, 6) is -1.74. The molecule has 4 rings (SSSR count). The predicted octanol–water partition coefficient (Wildman–Crippen LogP) is 4.69. The fraction of sp³-hybridized carbons (Fsp3) is 0.292. The Hall–Kier alpha value is -2.97. The van der Waals surface area contributed by atoms with E-state index in [0.717, 1.165) is 8.25 Å². The summed E-state index contributed by atoms with van der Waals surface area (Å²) in [6.45, 7) is 1.67. The van der Waals surface area contributed by atoms with Gasteiger partial charge in [0, 0.05) is 9.13 Å². The van der Waals surface area contributed by atoms with Crippen LogP contribution in [0.25, 0.3) is 0 Å². The van der Waals surface area contributed by atoms with Gasteiger partial charge in [0.15, 0.2) is 11.3 Å². The van der Waals surface area contributed by atoms with E-state index in [-0.39, 0.29) is 25.5 Å². The number of hydrogen-bond acceptors (Lipinski definition) is 5. The van der Waals surface area contributed by atoms with E-state index in [9.17, 15) is 28.0 Å². The van der Waals surface area contributed by atoms with E-state index in [1.165, 1.54) is 19.2 Å². The van der Waals surface area contributed by atoms with Gasteiger partial charge in [-0.05, 0) is 59.3 Å². The van der Waals surface area contributed by atoms with Crippen LogP contribution in [0.15, 0.2) is 48.5 Å². The van der Waals surface area contributed by atoms with Gasteiger partial charge < -0.3 is 10.1 Å². The highest BCUT2D eigenvalue weighted by atomic mass is 127.